The zero-order valence-corrected chi connectivity index (χ0v) is 17.7. The third kappa shape index (κ3) is 3.85. The van der Waals surface area contributed by atoms with E-state index < -0.39 is 0 Å². The maximum absolute atomic E-state index is 12.9. The standard InChI is InChI=1S/C22H26N6OS/c29-20(18-14-30-21(27-18)16-12-24-25-13-16)26-17-4-1-2-5-19(17)28-10-7-22(8-11-28)6-3-9-23-15-22/h1-2,4-5,12-14,23H,3,6-11,15H2,(H,24,25)(H,26,29). The first kappa shape index (κ1) is 19.3. The minimum Gasteiger partial charge on any atom is -0.370 e. The average molecular weight is 423 g/mol. The van der Waals surface area contributed by atoms with Gasteiger partial charge in [-0.05, 0) is 49.8 Å². The number of aromatic amines is 1. The van der Waals surface area contributed by atoms with Crippen LogP contribution in [-0.4, -0.2) is 47.3 Å². The van der Waals surface area contributed by atoms with Crippen LogP contribution in [0.15, 0.2) is 42.0 Å². The van der Waals surface area contributed by atoms with E-state index in [0.29, 0.717) is 11.1 Å². The molecule has 2 fully saturated rings. The Kier molecular flexibility index (Phi) is 5.26. The van der Waals surface area contributed by atoms with E-state index in [2.05, 4.69) is 36.8 Å². The van der Waals surface area contributed by atoms with Crippen LogP contribution in [0.4, 0.5) is 11.4 Å². The summed E-state index contributed by atoms with van der Waals surface area (Å²) < 4.78 is 0. The monoisotopic (exact) mass is 422 g/mol. The minimum atomic E-state index is -0.182. The fraction of sp³-hybridized carbons (Fsp3) is 0.409. The molecule has 1 aromatic carbocycles. The summed E-state index contributed by atoms with van der Waals surface area (Å²) in [6, 6.07) is 8.08. The molecule has 2 aromatic heterocycles. The highest BCUT2D eigenvalue weighted by Gasteiger charge is 2.36. The van der Waals surface area contributed by atoms with Crippen molar-refractivity contribution in [3.05, 3.63) is 47.7 Å². The van der Waals surface area contributed by atoms with E-state index in [4.69, 9.17) is 0 Å². The van der Waals surface area contributed by atoms with Crippen LogP contribution in [0, 0.1) is 5.41 Å². The van der Waals surface area contributed by atoms with Crippen molar-refractivity contribution in [2.45, 2.75) is 25.7 Å². The SMILES string of the molecule is O=C(Nc1ccccc1N1CCC2(CCCNC2)CC1)c1csc(-c2cn[nH]c2)n1. The first-order valence-corrected chi connectivity index (χ1v) is 11.4. The van der Waals surface area contributed by atoms with Crippen LogP contribution in [0.1, 0.15) is 36.2 Å². The van der Waals surface area contributed by atoms with Gasteiger partial charge in [0.1, 0.15) is 10.7 Å². The summed E-state index contributed by atoms with van der Waals surface area (Å²) in [6.45, 7) is 4.34. The fourth-order valence-electron chi connectivity index (χ4n) is 4.60. The largest absolute Gasteiger partial charge is 0.370 e. The highest BCUT2D eigenvalue weighted by molar-refractivity contribution is 7.13. The van der Waals surface area contributed by atoms with Crippen LogP contribution >= 0.6 is 11.3 Å². The molecule has 0 unspecified atom stereocenters. The second-order valence-corrected chi connectivity index (χ2v) is 9.12. The zero-order chi connectivity index (χ0) is 20.4. The van der Waals surface area contributed by atoms with Gasteiger partial charge < -0.3 is 15.5 Å². The Balaban J connectivity index is 1.29. The number of nitrogens with zero attached hydrogens (tertiary/aromatic N) is 3. The van der Waals surface area contributed by atoms with E-state index >= 15 is 0 Å². The van der Waals surface area contributed by atoms with Gasteiger partial charge in [-0.2, -0.15) is 5.10 Å². The second-order valence-electron chi connectivity index (χ2n) is 8.26. The van der Waals surface area contributed by atoms with Crippen molar-refractivity contribution in [3.8, 4) is 10.6 Å². The molecular weight excluding hydrogens is 396 g/mol. The molecule has 1 spiro atoms. The number of nitrogens with one attached hydrogen (secondary N) is 3. The van der Waals surface area contributed by atoms with Gasteiger partial charge in [0.05, 0.1) is 17.6 Å². The number of hydrogen-bond donors (Lipinski definition) is 3. The van der Waals surface area contributed by atoms with Crippen molar-refractivity contribution in [2.24, 2.45) is 5.41 Å². The molecule has 2 aliphatic heterocycles. The highest BCUT2D eigenvalue weighted by Crippen LogP contribution is 2.40. The van der Waals surface area contributed by atoms with Crippen molar-refractivity contribution in [2.75, 3.05) is 36.4 Å². The van der Waals surface area contributed by atoms with Crippen LogP contribution in [0.2, 0.25) is 0 Å². The van der Waals surface area contributed by atoms with Crippen molar-refractivity contribution < 1.29 is 4.79 Å². The third-order valence-electron chi connectivity index (χ3n) is 6.36. The number of rotatable bonds is 4. The normalized spacial score (nSPS) is 18.5. The number of carbonyl (C=O) groups excluding carboxylic acids is 1. The van der Waals surface area contributed by atoms with Gasteiger partial charge in [-0.3, -0.25) is 9.89 Å². The second kappa shape index (κ2) is 8.20. The van der Waals surface area contributed by atoms with Crippen molar-refractivity contribution in [3.63, 3.8) is 0 Å². The molecule has 0 saturated carbocycles. The number of thiazole rings is 1. The van der Waals surface area contributed by atoms with Crippen LogP contribution in [0.3, 0.4) is 0 Å². The first-order valence-electron chi connectivity index (χ1n) is 10.5. The predicted molar refractivity (Wildman–Crippen MR) is 120 cm³/mol. The number of amides is 1. The minimum absolute atomic E-state index is 0.182. The summed E-state index contributed by atoms with van der Waals surface area (Å²) in [6.07, 6.45) is 8.49. The van der Waals surface area contributed by atoms with E-state index in [1.54, 1.807) is 17.8 Å². The Labute approximate surface area is 179 Å². The lowest BCUT2D eigenvalue weighted by Gasteiger charge is -2.45. The molecular formula is C22H26N6OS. The van der Waals surface area contributed by atoms with Crippen molar-refractivity contribution >= 4 is 28.6 Å². The first-order chi connectivity index (χ1) is 14.7. The summed E-state index contributed by atoms with van der Waals surface area (Å²) >= 11 is 1.44. The van der Waals surface area contributed by atoms with Gasteiger partial charge in [-0.25, -0.2) is 4.98 Å². The van der Waals surface area contributed by atoms with Gasteiger partial charge >= 0.3 is 0 Å². The molecule has 3 aromatic rings. The van der Waals surface area contributed by atoms with E-state index in [0.717, 1.165) is 48.1 Å². The lowest BCUT2D eigenvalue weighted by Crippen LogP contribution is -2.48. The average Bonchev–Trinajstić information content (AvgIpc) is 3.48. The number of piperidine rings is 2. The summed E-state index contributed by atoms with van der Waals surface area (Å²) in [5.41, 5.74) is 3.71. The van der Waals surface area contributed by atoms with E-state index in [-0.39, 0.29) is 5.91 Å². The molecule has 0 atom stereocenters. The van der Waals surface area contributed by atoms with Crippen LogP contribution in [-0.2, 0) is 0 Å². The number of hydrogen-bond acceptors (Lipinski definition) is 6. The lowest BCUT2D eigenvalue weighted by molar-refractivity contribution is 0.102. The van der Waals surface area contributed by atoms with E-state index in [1.165, 1.54) is 37.0 Å². The molecule has 7 nitrogen and oxygen atoms in total. The van der Waals surface area contributed by atoms with Crippen LogP contribution < -0.4 is 15.5 Å². The van der Waals surface area contributed by atoms with Crippen LogP contribution in [0.5, 0.6) is 0 Å². The Morgan fingerprint density at radius 3 is 2.83 bits per heavy atom. The molecule has 156 valence electrons. The van der Waals surface area contributed by atoms with Gasteiger partial charge in [0.15, 0.2) is 0 Å². The number of carbonyl (C=O) groups is 1. The summed E-state index contributed by atoms with van der Waals surface area (Å²) in [4.78, 5) is 19.7. The van der Waals surface area contributed by atoms with Crippen LogP contribution in [0.25, 0.3) is 10.6 Å². The molecule has 0 bridgehead atoms. The summed E-state index contributed by atoms with van der Waals surface area (Å²) in [5.74, 6) is -0.182. The number of H-pyrrole nitrogens is 1. The van der Waals surface area contributed by atoms with Gasteiger partial charge in [-0.1, -0.05) is 12.1 Å². The summed E-state index contributed by atoms with van der Waals surface area (Å²) in [7, 11) is 0. The smallest absolute Gasteiger partial charge is 0.275 e. The van der Waals surface area contributed by atoms with Gasteiger partial charge in [0.2, 0.25) is 0 Å². The fourth-order valence-corrected chi connectivity index (χ4v) is 5.38. The molecule has 3 N–H and O–H groups in total. The molecule has 0 aliphatic carbocycles. The van der Waals surface area contributed by atoms with Gasteiger partial charge in [0.25, 0.3) is 5.91 Å². The number of anilines is 2. The molecule has 1 amide bonds. The molecule has 0 radical (unpaired) electrons. The third-order valence-corrected chi connectivity index (χ3v) is 7.25. The Morgan fingerprint density at radius 1 is 1.20 bits per heavy atom. The summed E-state index contributed by atoms with van der Waals surface area (Å²) in [5, 5.41) is 16.0. The van der Waals surface area contributed by atoms with Gasteiger partial charge in [-0.15, -0.1) is 11.3 Å². The maximum Gasteiger partial charge on any atom is 0.275 e. The molecule has 5 rings (SSSR count). The van der Waals surface area contributed by atoms with E-state index in [9.17, 15) is 4.79 Å². The quantitative estimate of drug-likeness (QED) is 0.596. The lowest BCUT2D eigenvalue weighted by atomic mass is 9.73. The highest BCUT2D eigenvalue weighted by atomic mass is 32.1. The molecule has 30 heavy (non-hydrogen) atoms. The number of aromatic nitrogens is 3. The maximum atomic E-state index is 12.9. The molecule has 2 aliphatic rings. The topological polar surface area (TPSA) is 85.9 Å². The van der Waals surface area contributed by atoms with Gasteiger partial charge in [0, 0.05) is 36.8 Å². The molecule has 2 saturated heterocycles. The number of para-hydroxylation sites is 2. The van der Waals surface area contributed by atoms with Crippen molar-refractivity contribution in [1.82, 2.24) is 20.5 Å². The zero-order valence-electron chi connectivity index (χ0n) is 16.9. The molecule has 4 heterocycles. The number of benzene rings is 1. The molecule has 8 heteroatoms. The van der Waals surface area contributed by atoms with Crippen molar-refractivity contribution in [1.29, 1.82) is 0 Å². The van der Waals surface area contributed by atoms with E-state index in [1.807, 2.05) is 18.2 Å². The Morgan fingerprint density at radius 2 is 2.07 bits per heavy atom. The Hall–Kier alpha value is -2.71. The Bertz CT molecular complexity index is 998. The predicted octanol–water partition coefficient (Wildman–Crippen LogP) is 3.76.